The molecule has 2 aromatic rings. The second kappa shape index (κ2) is 11.5. The van der Waals surface area contributed by atoms with Gasteiger partial charge in [0.1, 0.15) is 11.4 Å². The molecule has 0 aromatic heterocycles. The minimum Gasteiger partial charge on any atom is -0.405 e. The van der Waals surface area contributed by atoms with Gasteiger partial charge in [0.2, 0.25) is 0 Å². The Hall–Kier alpha value is -2.20. The first kappa shape index (κ1) is 28.0. The van der Waals surface area contributed by atoms with E-state index in [0.717, 1.165) is 36.9 Å². The molecule has 11 heteroatoms. The van der Waals surface area contributed by atoms with E-state index in [1.807, 2.05) is 31.2 Å². The van der Waals surface area contributed by atoms with Crippen LogP contribution in [0.15, 0.2) is 53.5 Å². The van der Waals surface area contributed by atoms with Crippen LogP contribution in [0.3, 0.4) is 0 Å². The van der Waals surface area contributed by atoms with E-state index in [1.165, 1.54) is 12.1 Å². The number of anilines is 1. The predicted molar refractivity (Wildman–Crippen MR) is 133 cm³/mol. The molecule has 2 aliphatic rings. The molecule has 2 aromatic carbocycles. The lowest BCUT2D eigenvalue weighted by Gasteiger charge is -2.36. The van der Waals surface area contributed by atoms with Gasteiger partial charge in [-0.15, -0.1) is 38.0 Å². The minimum absolute atomic E-state index is 0. The van der Waals surface area contributed by atoms with Crippen molar-refractivity contribution in [3.63, 3.8) is 0 Å². The zero-order valence-corrected chi connectivity index (χ0v) is 20.3. The minimum atomic E-state index is -4.70. The smallest absolute Gasteiger partial charge is 0.405 e. The molecule has 0 radical (unpaired) electrons. The molecule has 1 saturated carbocycles. The van der Waals surface area contributed by atoms with Gasteiger partial charge in [-0.3, -0.25) is 0 Å². The van der Waals surface area contributed by atoms with E-state index < -0.39 is 12.0 Å². The third-order valence-electron chi connectivity index (χ3n) is 5.91. The number of hydrogen-bond donors (Lipinski definition) is 4. The number of para-hydroxylation sites is 2. The average Bonchev–Trinajstić information content (AvgIpc) is 2.73. The number of alkyl halides is 3. The summed E-state index contributed by atoms with van der Waals surface area (Å²) in [5.41, 5.74) is 8.15. The van der Waals surface area contributed by atoms with E-state index in [-0.39, 0.29) is 42.6 Å². The Kier molecular flexibility index (Phi) is 9.47. The SMILES string of the molecule is CC1(N)NC(=NC2CCC(NCc3ccccc3OC(F)(F)F)CC2)Nc2ccccc21.Cl.Cl. The van der Waals surface area contributed by atoms with E-state index in [0.29, 0.717) is 18.1 Å². The van der Waals surface area contributed by atoms with Crippen molar-refractivity contribution in [3.8, 4) is 5.75 Å². The van der Waals surface area contributed by atoms with E-state index in [1.54, 1.807) is 12.1 Å². The Bertz CT molecular complexity index is 979. The van der Waals surface area contributed by atoms with Gasteiger partial charge in [-0.25, -0.2) is 4.99 Å². The van der Waals surface area contributed by atoms with Gasteiger partial charge < -0.3 is 26.4 Å². The van der Waals surface area contributed by atoms with Gasteiger partial charge in [0.25, 0.3) is 0 Å². The predicted octanol–water partition coefficient (Wildman–Crippen LogP) is 5.03. The van der Waals surface area contributed by atoms with E-state index in [4.69, 9.17) is 10.7 Å². The second-order valence-electron chi connectivity index (χ2n) is 8.52. The Morgan fingerprint density at radius 2 is 1.71 bits per heavy atom. The molecule has 34 heavy (non-hydrogen) atoms. The molecule has 0 amide bonds. The first-order valence-corrected chi connectivity index (χ1v) is 10.8. The van der Waals surface area contributed by atoms with Crippen LogP contribution in [-0.2, 0) is 12.2 Å². The standard InChI is InChI=1S/C23H28F3N5O.2ClH/c1-22(27)18-7-3-4-8-19(18)30-21(31-22)29-17-12-10-16(11-13-17)28-14-15-6-2-5-9-20(15)32-23(24,25)26;;/h2-9,16-17,28H,10-14,27H2,1H3,(H2,29,30,31);2*1H. The van der Waals surface area contributed by atoms with Crippen molar-refractivity contribution >= 4 is 36.5 Å². The molecule has 1 atom stereocenters. The van der Waals surface area contributed by atoms with Gasteiger partial charge in [-0.2, -0.15) is 0 Å². The lowest BCUT2D eigenvalue weighted by Crippen LogP contribution is -2.56. The second-order valence-corrected chi connectivity index (χ2v) is 8.52. The lowest BCUT2D eigenvalue weighted by atomic mass is 9.91. The summed E-state index contributed by atoms with van der Waals surface area (Å²) < 4.78 is 42.0. The quantitative estimate of drug-likeness (QED) is 0.445. The molecule has 1 aliphatic carbocycles. The monoisotopic (exact) mass is 519 g/mol. The summed E-state index contributed by atoms with van der Waals surface area (Å²) >= 11 is 0. The van der Waals surface area contributed by atoms with Crippen molar-refractivity contribution in [1.82, 2.24) is 10.6 Å². The molecule has 1 heterocycles. The zero-order chi connectivity index (χ0) is 22.8. The maximum Gasteiger partial charge on any atom is 0.573 e. The number of nitrogens with one attached hydrogen (secondary N) is 3. The van der Waals surface area contributed by atoms with Crippen LogP contribution in [0.4, 0.5) is 18.9 Å². The van der Waals surface area contributed by atoms with Crippen LogP contribution < -0.4 is 26.4 Å². The van der Waals surface area contributed by atoms with Gasteiger partial charge in [-0.05, 0) is 44.7 Å². The van der Waals surface area contributed by atoms with Crippen LogP contribution in [0, 0.1) is 0 Å². The molecule has 0 bridgehead atoms. The first-order chi connectivity index (χ1) is 15.2. The summed E-state index contributed by atoms with van der Waals surface area (Å²) in [5.74, 6) is 0.510. The van der Waals surface area contributed by atoms with Crippen molar-refractivity contribution in [2.24, 2.45) is 10.7 Å². The summed E-state index contributed by atoms with van der Waals surface area (Å²) in [7, 11) is 0. The number of ether oxygens (including phenoxy) is 1. The van der Waals surface area contributed by atoms with Crippen molar-refractivity contribution in [3.05, 3.63) is 59.7 Å². The van der Waals surface area contributed by atoms with Gasteiger partial charge >= 0.3 is 6.36 Å². The normalized spacial score (nSPS) is 25.1. The third-order valence-corrected chi connectivity index (χ3v) is 5.91. The highest BCUT2D eigenvalue weighted by Gasteiger charge is 2.33. The molecule has 1 fully saturated rings. The first-order valence-electron chi connectivity index (χ1n) is 10.8. The van der Waals surface area contributed by atoms with Crippen LogP contribution in [0.25, 0.3) is 0 Å². The average molecular weight is 520 g/mol. The summed E-state index contributed by atoms with van der Waals surface area (Å²) in [4.78, 5) is 4.84. The summed E-state index contributed by atoms with van der Waals surface area (Å²) in [6, 6.07) is 14.5. The molecule has 4 rings (SSSR count). The van der Waals surface area contributed by atoms with Crippen LogP contribution in [0.2, 0.25) is 0 Å². The number of rotatable bonds is 5. The van der Waals surface area contributed by atoms with Crippen LogP contribution in [-0.4, -0.2) is 24.4 Å². The summed E-state index contributed by atoms with van der Waals surface area (Å²) in [6.45, 7) is 2.24. The van der Waals surface area contributed by atoms with Crippen LogP contribution >= 0.6 is 24.8 Å². The highest BCUT2D eigenvalue weighted by molar-refractivity contribution is 5.97. The van der Waals surface area contributed by atoms with Crippen molar-refractivity contribution in [2.45, 2.75) is 63.3 Å². The van der Waals surface area contributed by atoms with Crippen molar-refractivity contribution in [2.75, 3.05) is 5.32 Å². The molecule has 0 saturated heterocycles. The number of halogens is 5. The van der Waals surface area contributed by atoms with E-state index >= 15 is 0 Å². The highest BCUT2D eigenvalue weighted by Crippen LogP contribution is 2.29. The third kappa shape index (κ3) is 7.15. The fourth-order valence-corrected chi connectivity index (χ4v) is 4.30. The largest absolute Gasteiger partial charge is 0.573 e. The topological polar surface area (TPSA) is 83.7 Å². The molecule has 6 nitrogen and oxygen atoms in total. The highest BCUT2D eigenvalue weighted by atomic mass is 35.5. The molecule has 0 spiro atoms. The number of benzene rings is 2. The number of aliphatic imine (C=N–C) groups is 1. The summed E-state index contributed by atoms with van der Waals surface area (Å²) in [6.07, 6.45) is -1.16. The molecule has 188 valence electrons. The number of nitrogens with two attached hydrogens (primary N) is 1. The van der Waals surface area contributed by atoms with Gasteiger partial charge in [-0.1, -0.05) is 36.4 Å². The Labute approximate surface area is 209 Å². The van der Waals surface area contributed by atoms with Gasteiger partial charge in [0, 0.05) is 29.4 Å². The van der Waals surface area contributed by atoms with Gasteiger partial charge in [0.15, 0.2) is 5.96 Å². The maximum absolute atomic E-state index is 12.6. The Balaban J connectivity index is 0.00000204. The lowest BCUT2D eigenvalue weighted by molar-refractivity contribution is -0.274. The zero-order valence-electron chi connectivity index (χ0n) is 18.7. The van der Waals surface area contributed by atoms with Crippen molar-refractivity contribution in [1.29, 1.82) is 0 Å². The van der Waals surface area contributed by atoms with E-state index in [9.17, 15) is 13.2 Å². The van der Waals surface area contributed by atoms with E-state index in [2.05, 4.69) is 20.7 Å². The number of fused-ring (bicyclic) bond motifs is 1. The van der Waals surface area contributed by atoms with Crippen LogP contribution in [0.1, 0.15) is 43.7 Å². The Morgan fingerprint density at radius 3 is 2.41 bits per heavy atom. The molecule has 1 aliphatic heterocycles. The fraction of sp³-hybridized carbons (Fsp3) is 0.435. The van der Waals surface area contributed by atoms with Crippen LogP contribution in [0.5, 0.6) is 5.75 Å². The fourth-order valence-electron chi connectivity index (χ4n) is 4.30. The molecular weight excluding hydrogens is 490 g/mol. The maximum atomic E-state index is 12.6. The number of nitrogens with zero attached hydrogens (tertiary/aromatic N) is 1. The van der Waals surface area contributed by atoms with Gasteiger partial charge in [0.05, 0.1) is 6.04 Å². The molecule has 5 N–H and O–H groups in total. The Morgan fingerprint density at radius 1 is 1.06 bits per heavy atom. The number of guanidine groups is 1. The summed E-state index contributed by atoms with van der Waals surface area (Å²) in [5, 5.41) is 9.96. The van der Waals surface area contributed by atoms with Crippen molar-refractivity contribution < 1.29 is 17.9 Å². The molecule has 1 unspecified atom stereocenters. The number of hydrogen-bond acceptors (Lipinski definition) is 4. The molecular formula is C23H30Cl2F3N5O.